The van der Waals surface area contributed by atoms with Gasteiger partial charge in [-0.2, -0.15) is 0 Å². The molecule has 116 valence electrons. The Balaban J connectivity index is 2.37. The summed E-state index contributed by atoms with van der Waals surface area (Å²) in [5, 5.41) is 14.8. The first-order valence-electron chi connectivity index (χ1n) is 7.17. The van der Waals surface area contributed by atoms with E-state index in [0.717, 1.165) is 12.8 Å². The van der Waals surface area contributed by atoms with Crippen LogP contribution in [0.3, 0.4) is 0 Å². The van der Waals surface area contributed by atoms with E-state index in [1.54, 1.807) is 0 Å². The van der Waals surface area contributed by atoms with Gasteiger partial charge in [0.15, 0.2) is 0 Å². The molecule has 6 heteroatoms. The number of likely N-dealkylation sites (N-methyl/N-ethyl adjacent to an activating group) is 1. The number of nitrogens with zero attached hydrogens (tertiary/aromatic N) is 1. The minimum absolute atomic E-state index is 0.0349. The Morgan fingerprint density at radius 3 is 2.50 bits per heavy atom. The Bertz CT molecular complexity index is 356. The molecule has 2 unspecified atom stereocenters. The lowest BCUT2D eigenvalue weighted by Gasteiger charge is -2.33. The zero-order valence-corrected chi connectivity index (χ0v) is 12.9. The van der Waals surface area contributed by atoms with Crippen LogP contribution in [0.4, 0.5) is 4.79 Å². The van der Waals surface area contributed by atoms with E-state index in [-0.39, 0.29) is 23.5 Å². The monoisotopic (exact) mass is 285 g/mol. The molecule has 1 fully saturated rings. The fourth-order valence-corrected chi connectivity index (χ4v) is 2.24. The molecule has 0 bridgehead atoms. The van der Waals surface area contributed by atoms with Gasteiger partial charge < -0.3 is 20.6 Å². The van der Waals surface area contributed by atoms with Gasteiger partial charge in [0, 0.05) is 18.1 Å². The summed E-state index contributed by atoms with van der Waals surface area (Å²) in [6, 6.07) is -0.247. The lowest BCUT2D eigenvalue weighted by molar-refractivity contribution is -0.143. The number of carboxylic acid groups (broad SMARTS) is 1. The van der Waals surface area contributed by atoms with Crippen LogP contribution in [0.5, 0.6) is 0 Å². The topological polar surface area (TPSA) is 81.7 Å². The summed E-state index contributed by atoms with van der Waals surface area (Å²) in [7, 11) is 3.94. The average Bonchev–Trinajstić information content (AvgIpc) is 2.36. The summed E-state index contributed by atoms with van der Waals surface area (Å²) in [6.07, 6.45) is 2.95. The molecule has 6 nitrogen and oxygen atoms in total. The third kappa shape index (κ3) is 5.00. The first-order chi connectivity index (χ1) is 9.22. The van der Waals surface area contributed by atoms with E-state index < -0.39 is 5.97 Å². The Morgan fingerprint density at radius 2 is 1.95 bits per heavy atom. The zero-order valence-electron chi connectivity index (χ0n) is 12.9. The van der Waals surface area contributed by atoms with Crippen molar-refractivity contribution >= 4 is 12.0 Å². The maximum Gasteiger partial charge on any atom is 0.315 e. The van der Waals surface area contributed by atoms with Crippen LogP contribution in [0.2, 0.25) is 0 Å². The number of amides is 2. The first-order valence-corrected chi connectivity index (χ1v) is 7.17. The second kappa shape index (κ2) is 6.92. The van der Waals surface area contributed by atoms with E-state index in [4.69, 9.17) is 5.11 Å². The van der Waals surface area contributed by atoms with Crippen molar-refractivity contribution in [3.8, 4) is 0 Å². The molecule has 0 spiro atoms. The van der Waals surface area contributed by atoms with E-state index in [0.29, 0.717) is 19.4 Å². The minimum atomic E-state index is -0.759. The molecule has 0 saturated heterocycles. The quantitative estimate of drug-likeness (QED) is 0.710. The summed E-state index contributed by atoms with van der Waals surface area (Å²) in [5.41, 5.74) is -0.118. The van der Waals surface area contributed by atoms with Crippen molar-refractivity contribution in [3.05, 3.63) is 0 Å². The molecule has 0 aliphatic heterocycles. The van der Waals surface area contributed by atoms with Gasteiger partial charge in [0.05, 0.1) is 5.92 Å². The Morgan fingerprint density at radius 1 is 1.30 bits per heavy atom. The molecule has 1 rings (SSSR count). The van der Waals surface area contributed by atoms with Gasteiger partial charge in [-0.1, -0.05) is 6.42 Å². The Labute approximate surface area is 120 Å². The third-order valence-corrected chi connectivity index (χ3v) is 4.25. The van der Waals surface area contributed by atoms with E-state index in [9.17, 15) is 9.59 Å². The molecule has 0 aromatic rings. The van der Waals surface area contributed by atoms with E-state index in [2.05, 4.69) is 10.6 Å². The largest absolute Gasteiger partial charge is 0.481 e. The molecule has 2 amide bonds. The number of carbonyl (C=O) groups excluding carboxylic acids is 1. The number of carbonyl (C=O) groups is 2. The molecule has 2 atom stereocenters. The van der Waals surface area contributed by atoms with Gasteiger partial charge in [-0.25, -0.2) is 4.79 Å². The number of aliphatic carboxylic acids is 1. The van der Waals surface area contributed by atoms with Crippen LogP contribution in [0.15, 0.2) is 0 Å². The van der Waals surface area contributed by atoms with Crippen LogP contribution in [-0.2, 0) is 4.79 Å². The summed E-state index contributed by atoms with van der Waals surface area (Å²) < 4.78 is 0. The molecule has 0 radical (unpaired) electrons. The van der Waals surface area contributed by atoms with Crippen LogP contribution < -0.4 is 10.6 Å². The van der Waals surface area contributed by atoms with Gasteiger partial charge in [-0.15, -0.1) is 0 Å². The summed E-state index contributed by atoms with van der Waals surface area (Å²) >= 11 is 0. The maximum absolute atomic E-state index is 11.9. The average molecular weight is 285 g/mol. The highest BCUT2D eigenvalue weighted by Gasteiger charge is 2.28. The summed E-state index contributed by atoms with van der Waals surface area (Å²) in [4.78, 5) is 24.9. The predicted octanol–water partition coefficient (Wildman–Crippen LogP) is 1.27. The molecule has 0 heterocycles. The minimum Gasteiger partial charge on any atom is -0.481 e. The summed E-state index contributed by atoms with van der Waals surface area (Å²) in [6.45, 7) is 4.64. The van der Waals surface area contributed by atoms with E-state index in [1.165, 1.54) is 0 Å². The number of nitrogens with one attached hydrogen (secondary N) is 2. The van der Waals surface area contributed by atoms with Gasteiger partial charge in [0.25, 0.3) is 0 Å². The number of hydrogen-bond donors (Lipinski definition) is 3. The molecule has 3 N–H and O–H groups in total. The van der Waals surface area contributed by atoms with Crippen LogP contribution >= 0.6 is 0 Å². The van der Waals surface area contributed by atoms with Gasteiger partial charge in [0.2, 0.25) is 0 Å². The number of rotatable bonds is 5. The van der Waals surface area contributed by atoms with Crippen LogP contribution in [0.25, 0.3) is 0 Å². The highest BCUT2D eigenvalue weighted by molar-refractivity contribution is 5.74. The molecular formula is C14H27N3O3. The fourth-order valence-electron chi connectivity index (χ4n) is 2.24. The Hall–Kier alpha value is -1.30. The number of hydrogen-bond acceptors (Lipinski definition) is 3. The zero-order chi connectivity index (χ0) is 15.3. The van der Waals surface area contributed by atoms with Crippen molar-refractivity contribution in [3.63, 3.8) is 0 Å². The van der Waals surface area contributed by atoms with Crippen molar-refractivity contribution < 1.29 is 14.7 Å². The Kier molecular flexibility index (Phi) is 5.80. The molecule has 0 aromatic carbocycles. The van der Waals surface area contributed by atoms with E-state index in [1.807, 2.05) is 32.8 Å². The first kappa shape index (κ1) is 16.8. The smallest absolute Gasteiger partial charge is 0.315 e. The van der Waals surface area contributed by atoms with Crippen molar-refractivity contribution in [2.45, 2.75) is 51.1 Å². The molecule has 1 aliphatic carbocycles. The van der Waals surface area contributed by atoms with Crippen LogP contribution in [0.1, 0.15) is 39.5 Å². The molecule has 0 aromatic heterocycles. The molecule has 1 aliphatic rings. The molecule has 1 saturated carbocycles. The SMILES string of the molecule is CN(C)C(C)(C)CNC(=O)NC1CCCC(C(=O)O)C1. The van der Waals surface area contributed by atoms with Crippen molar-refractivity contribution in [1.29, 1.82) is 0 Å². The van der Waals surface area contributed by atoms with Crippen molar-refractivity contribution in [2.24, 2.45) is 5.92 Å². The fraction of sp³-hybridized carbons (Fsp3) is 0.857. The van der Waals surface area contributed by atoms with Gasteiger partial charge in [-0.05, 0) is 47.2 Å². The standard InChI is InChI=1S/C14H27N3O3/c1-14(2,17(3)4)9-15-13(20)16-11-7-5-6-10(8-11)12(18)19/h10-11H,5-9H2,1-4H3,(H,18,19)(H2,15,16,20). The highest BCUT2D eigenvalue weighted by atomic mass is 16.4. The lowest BCUT2D eigenvalue weighted by Crippen LogP contribution is -2.52. The molecule has 20 heavy (non-hydrogen) atoms. The lowest BCUT2D eigenvalue weighted by atomic mass is 9.86. The molecular weight excluding hydrogens is 258 g/mol. The van der Waals surface area contributed by atoms with Crippen molar-refractivity contribution in [1.82, 2.24) is 15.5 Å². The number of urea groups is 1. The highest BCUT2D eigenvalue weighted by Crippen LogP contribution is 2.24. The van der Waals surface area contributed by atoms with Gasteiger partial charge in [0.1, 0.15) is 0 Å². The van der Waals surface area contributed by atoms with Crippen molar-refractivity contribution in [2.75, 3.05) is 20.6 Å². The van der Waals surface area contributed by atoms with Gasteiger partial charge in [-0.3, -0.25) is 4.79 Å². The van der Waals surface area contributed by atoms with Crippen LogP contribution in [0, 0.1) is 5.92 Å². The second-order valence-electron chi connectivity index (χ2n) is 6.43. The van der Waals surface area contributed by atoms with E-state index >= 15 is 0 Å². The third-order valence-electron chi connectivity index (χ3n) is 4.25. The maximum atomic E-state index is 11.9. The number of carboxylic acids is 1. The predicted molar refractivity (Wildman–Crippen MR) is 77.7 cm³/mol. The van der Waals surface area contributed by atoms with Gasteiger partial charge >= 0.3 is 12.0 Å². The second-order valence-corrected chi connectivity index (χ2v) is 6.43. The summed E-state index contributed by atoms with van der Waals surface area (Å²) in [5.74, 6) is -1.09. The van der Waals surface area contributed by atoms with Crippen LogP contribution in [-0.4, -0.2) is 54.2 Å². The normalized spacial score (nSPS) is 23.4.